The average molecular weight is 373 g/mol. The number of allylic oxidation sites excluding steroid dienone is 2. The van der Waals surface area contributed by atoms with E-state index in [-0.39, 0.29) is 5.97 Å². The summed E-state index contributed by atoms with van der Waals surface area (Å²) in [5.41, 5.74) is 1.44. The lowest BCUT2D eigenvalue weighted by atomic mass is 9.92. The summed E-state index contributed by atoms with van der Waals surface area (Å²) in [7, 11) is 1.46. The van der Waals surface area contributed by atoms with Gasteiger partial charge in [0.2, 0.25) is 0 Å². The number of unbranched alkanes of at least 4 members (excludes halogenated alkanes) is 9. The quantitative estimate of drug-likeness (QED) is 0.170. The molecule has 1 aromatic carbocycles. The van der Waals surface area contributed by atoms with Crippen LogP contribution in [0.3, 0.4) is 0 Å². The molecule has 0 bridgehead atoms. The zero-order valence-electron chi connectivity index (χ0n) is 17.6. The van der Waals surface area contributed by atoms with Crippen LogP contribution in [0, 0.1) is 0 Å². The highest BCUT2D eigenvalue weighted by atomic mass is 16.5. The molecule has 152 valence electrons. The number of hydrogen-bond acceptors (Lipinski definition) is 2. The number of benzene rings is 1. The van der Waals surface area contributed by atoms with E-state index in [0.717, 1.165) is 12.8 Å². The average Bonchev–Trinajstić information content (AvgIpc) is 2.71. The number of esters is 1. The van der Waals surface area contributed by atoms with Gasteiger partial charge >= 0.3 is 5.97 Å². The summed E-state index contributed by atoms with van der Waals surface area (Å²) in [6.07, 6.45) is 20.3. The molecule has 0 radical (unpaired) electrons. The largest absolute Gasteiger partial charge is 0.469 e. The molecule has 1 rings (SSSR count). The molecule has 1 aromatic rings. The van der Waals surface area contributed by atoms with Crippen LogP contribution < -0.4 is 0 Å². The lowest BCUT2D eigenvalue weighted by molar-refractivity contribution is -0.140. The molecule has 0 saturated carbocycles. The molecule has 0 heterocycles. The first-order valence-electron chi connectivity index (χ1n) is 11.1. The predicted octanol–water partition coefficient (Wildman–Crippen LogP) is 7.59. The summed E-state index contributed by atoms with van der Waals surface area (Å²) in [6, 6.07) is 10.9. The highest BCUT2D eigenvalue weighted by Gasteiger charge is 2.07. The van der Waals surface area contributed by atoms with Gasteiger partial charge in [0, 0.05) is 12.3 Å². The molecule has 0 aliphatic carbocycles. The van der Waals surface area contributed by atoms with Crippen molar-refractivity contribution in [3.63, 3.8) is 0 Å². The minimum atomic E-state index is -0.0843. The maximum absolute atomic E-state index is 11.1. The molecule has 0 aromatic heterocycles. The minimum absolute atomic E-state index is 0.0843. The Kier molecular flexibility index (Phi) is 14.4. The van der Waals surface area contributed by atoms with E-state index in [1.807, 2.05) is 0 Å². The molecule has 1 atom stereocenters. The lowest BCUT2D eigenvalue weighted by Gasteiger charge is -2.13. The molecule has 0 N–H and O–H groups in total. The smallest absolute Gasteiger partial charge is 0.305 e. The molecule has 1 unspecified atom stereocenters. The predicted molar refractivity (Wildman–Crippen MR) is 116 cm³/mol. The standard InChI is InChI=1S/C25H40O2/c1-3-4-5-6-7-9-13-18-23(24-20-15-12-16-21-24)19-14-10-8-11-17-22-25(26)27-2/h12-13,15-16,18,20-21,23H,3-11,14,17,19,22H2,1-2H3/b18-13+. The van der Waals surface area contributed by atoms with E-state index in [1.165, 1.54) is 76.9 Å². The first-order chi connectivity index (χ1) is 13.3. The van der Waals surface area contributed by atoms with Crippen LogP contribution in [0.4, 0.5) is 0 Å². The summed E-state index contributed by atoms with van der Waals surface area (Å²) in [5, 5.41) is 0. The first kappa shape index (κ1) is 23.5. The number of carbonyl (C=O) groups excluding carboxylic acids is 1. The van der Waals surface area contributed by atoms with Crippen molar-refractivity contribution >= 4 is 5.97 Å². The van der Waals surface area contributed by atoms with E-state index in [4.69, 9.17) is 0 Å². The summed E-state index contributed by atoms with van der Waals surface area (Å²) in [4.78, 5) is 11.1. The second kappa shape index (κ2) is 16.6. The molecule has 27 heavy (non-hydrogen) atoms. The molecule has 0 aliphatic heterocycles. The van der Waals surface area contributed by atoms with E-state index in [2.05, 4.69) is 54.1 Å². The maximum Gasteiger partial charge on any atom is 0.305 e. The van der Waals surface area contributed by atoms with Crippen LogP contribution in [-0.4, -0.2) is 13.1 Å². The van der Waals surface area contributed by atoms with Crippen molar-refractivity contribution in [2.24, 2.45) is 0 Å². The van der Waals surface area contributed by atoms with Crippen LogP contribution in [0.15, 0.2) is 42.5 Å². The third kappa shape index (κ3) is 12.4. The Morgan fingerprint density at radius 2 is 1.59 bits per heavy atom. The van der Waals surface area contributed by atoms with Crippen molar-refractivity contribution in [1.82, 2.24) is 0 Å². The van der Waals surface area contributed by atoms with Gasteiger partial charge in [-0.25, -0.2) is 0 Å². The van der Waals surface area contributed by atoms with Gasteiger partial charge in [-0.15, -0.1) is 0 Å². The summed E-state index contributed by atoms with van der Waals surface area (Å²) >= 11 is 0. The van der Waals surface area contributed by atoms with Gasteiger partial charge in [-0.05, 0) is 31.2 Å². The van der Waals surface area contributed by atoms with Gasteiger partial charge < -0.3 is 4.74 Å². The topological polar surface area (TPSA) is 26.3 Å². The van der Waals surface area contributed by atoms with Crippen molar-refractivity contribution in [3.8, 4) is 0 Å². The van der Waals surface area contributed by atoms with Gasteiger partial charge in [-0.2, -0.15) is 0 Å². The summed E-state index contributed by atoms with van der Waals surface area (Å²) < 4.78 is 4.69. The van der Waals surface area contributed by atoms with Crippen LogP contribution in [0.5, 0.6) is 0 Å². The Balaban J connectivity index is 2.28. The second-order valence-electron chi connectivity index (χ2n) is 7.53. The van der Waals surface area contributed by atoms with Crippen LogP contribution in [0.1, 0.15) is 102 Å². The zero-order chi connectivity index (χ0) is 19.6. The molecular weight excluding hydrogens is 332 g/mol. The van der Waals surface area contributed by atoms with E-state index < -0.39 is 0 Å². The molecule has 0 spiro atoms. The fourth-order valence-electron chi connectivity index (χ4n) is 3.47. The molecular formula is C25H40O2. The highest BCUT2D eigenvalue weighted by Crippen LogP contribution is 2.25. The lowest BCUT2D eigenvalue weighted by Crippen LogP contribution is -1.99. The normalized spacial score (nSPS) is 12.4. The monoisotopic (exact) mass is 372 g/mol. The van der Waals surface area contributed by atoms with Crippen LogP contribution >= 0.6 is 0 Å². The zero-order valence-corrected chi connectivity index (χ0v) is 17.6. The maximum atomic E-state index is 11.1. The molecule has 0 amide bonds. The summed E-state index contributed by atoms with van der Waals surface area (Å²) in [6.45, 7) is 2.27. The number of methoxy groups -OCH3 is 1. The van der Waals surface area contributed by atoms with Crippen molar-refractivity contribution in [2.75, 3.05) is 7.11 Å². The Hall–Kier alpha value is -1.57. The third-order valence-electron chi connectivity index (χ3n) is 5.19. The number of rotatable bonds is 16. The van der Waals surface area contributed by atoms with Crippen molar-refractivity contribution in [3.05, 3.63) is 48.0 Å². The van der Waals surface area contributed by atoms with Crippen molar-refractivity contribution < 1.29 is 9.53 Å². The van der Waals surface area contributed by atoms with E-state index >= 15 is 0 Å². The van der Waals surface area contributed by atoms with E-state index in [1.54, 1.807) is 0 Å². The molecule has 2 nitrogen and oxygen atoms in total. The highest BCUT2D eigenvalue weighted by molar-refractivity contribution is 5.68. The van der Waals surface area contributed by atoms with Crippen LogP contribution in [0.2, 0.25) is 0 Å². The van der Waals surface area contributed by atoms with Crippen LogP contribution in [-0.2, 0) is 9.53 Å². The van der Waals surface area contributed by atoms with Gasteiger partial charge in [0.25, 0.3) is 0 Å². The first-order valence-corrected chi connectivity index (χ1v) is 11.1. The van der Waals surface area contributed by atoms with E-state index in [0.29, 0.717) is 12.3 Å². The number of hydrogen-bond donors (Lipinski definition) is 0. The van der Waals surface area contributed by atoms with Gasteiger partial charge in [-0.3, -0.25) is 4.79 Å². The molecule has 0 saturated heterocycles. The fourth-order valence-corrected chi connectivity index (χ4v) is 3.47. The number of ether oxygens (including phenoxy) is 1. The Bertz CT molecular complexity index is 492. The van der Waals surface area contributed by atoms with Gasteiger partial charge in [0.15, 0.2) is 0 Å². The molecule has 0 aliphatic rings. The Labute approximate surface area is 167 Å². The Morgan fingerprint density at radius 3 is 2.33 bits per heavy atom. The SMILES string of the molecule is CCCCCCC/C=C/C(CCCCCCCC(=O)OC)c1ccccc1. The minimum Gasteiger partial charge on any atom is -0.469 e. The molecule has 0 fully saturated rings. The Morgan fingerprint density at radius 1 is 0.926 bits per heavy atom. The molecule has 2 heteroatoms. The van der Waals surface area contributed by atoms with Crippen molar-refractivity contribution in [1.29, 1.82) is 0 Å². The summed E-state index contributed by atoms with van der Waals surface area (Å²) in [5.74, 6) is 0.455. The third-order valence-corrected chi connectivity index (χ3v) is 5.19. The van der Waals surface area contributed by atoms with Gasteiger partial charge in [0.1, 0.15) is 0 Å². The second-order valence-corrected chi connectivity index (χ2v) is 7.53. The van der Waals surface area contributed by atoms with Crippen molar-refractivity contribution in [2.45, 2.75) is 96.3 Å². The van der Waals surface area contributed by atoms with Crippen LogP contribution in [0.25, 0.3) is 0 Å². The van der Waals surface area contributed by atoms with Gasteiger partial charge in [-0.1, -0.05) is 101 Å². The fraction of sp³-hybridized carbons (Fsp3) is 0.640. The van der Waals surface area contributed by atoms with Gasteiger partial charge in [0.05, 0.1) is 7.11 Å². The van der Waals surface area contributed by atoms with E-state index in [9.17, 15) is 4.79 Å². The number of carbonyl (C=O) groups is 1.